The van der Waals surface area contributed by atoms with Gasteiger partial charge in [0, 0.05) is 25.2 Å². The molecular weight excluding hydrogens is 220 g/mol. The first-order valence-electron chi connectivity index (χ1n) is 5.73. The Labute approximate surface area is 99.1 Å². The molecule has 0 saturated heterocycles. The van der Waals surface area contributed by atoms with E-state index >= 15 is 0 Å². The van der Waals surface area contributed by atoms with Crippen molar-refractivity contribution in [3.8, 4) is 0 Å². The normalized spacial score (nSPS) is 16.5. The molecule has 1 saturated carbocycles. The number of carbonyl (C=O) groups is 1. The van der Waals surface area contributed by atoms with Crippen molar-refractivity contribution in [3.05, 3.63) is 34.7 Å². The standard InChI is InChI=1S/C12H16N2O3/c15-9-12(5-6-12)13-10(16)4-8-14-7-2-1-3-11(14)17/h1-3,7,15H,4-6,8-9H2,(H,13,16). The van der Waals surface area contributed by atoms with Gasteiger partial charge in [-0.25, -0.2) is 0 Å². The Morgan fingerprint density at radius 2 is 2.24 bits per heavy atom. The van der Waals surface area contributed by atoms with Crippen molar-refractivity contribution in [2.75, 3.05) is 6.61 Å². The van der Waals surface area contributed by atoms with Crippen molar-refractivity contribution in [1.82, 2.24) is 9.88 Å². The molecule has 1 aromatic rings. The molecule has 17 heavy (non-hydrogen) atoms. The first kappa shape index (κ1) is 11.9. The minimum absolute atomic E-state index is 0.00990. The van der Waals surface area contributed by atoms with Crippen molar-refractivity contribution in [2.24, 2.45) is 0 Å². The summed E-state index contributed by atoms with van der Waals surface area (Å²) in [5.41, 5.74) is -0.484. The highest BCUT2D eigenvalue weighted by molar-refractivity contribution is 5.77. The van der Waals surface area contributed by atoms with Gasteiger partial charge in [0.25, 0.3) is 5.56 Å². The van der Waals surface area contributed by atoms with Crippen molar-refractivity contribution >= 4 is 5.91 Å². The number of hydrogen-bond acceptors (Lipinski definition) is 3. The summed E-state index contributed by atoms with van der Waals surface area (Å²) in [6.45, 7) is 0.358. The Hall–Kier alpha value is -1.62. The second-order valence-corrected chi connectivity index (χ2v) is 4.47. The maximum atomic E-state index is 11.6. The lowest BCUT2D eigenvalue weighted by Crippen LogP contribution is -2.40. The molecular formula is C12H16N2O3. The van der Waals surface area contributed by atoms with Gasteiger partial charge in [-0.05, 0) is 18.9 Å². The number of nitrogens with zero attached hydrogens (tertiary/aromatic N) is 1. The van der Waals surface area contributed by atoms with Gasteiger partial charge in [0.15, 0.2) is 0 Å². The quantitative estimate of drug-likeness (QED) is 0.748. The molecule has 0 aromatic carbocycles. The molecule has 5 heteroatoms. The first-order chi connectivity index (χ1) is 8.15. The van der Waals surface area contributed by atoms with Crippen molar-refractivity contribution in [1.29, 1.82) is 0 Å². The van der Waals surface area contributed by atoms with Crippen LogP contribution in [0.3, 0.4) is 0 Å². The maximum Gasteiger partial charge on any atom is 0.250 e. The number of hydrogen-bond donors (Lipinski definition) is 2. The van der Waals surface area contributed by atoms with Crippen LogP contribution in [0.15, 0.2) is 29.2 Å². The van der Waals surface area contributed by atoms with Gasteiger partial charge in [-0.3, -0.25) is 9.59 Å². The fraction of sp³-hybridized carbons (Fsp3) is 0.500. The average Bonchev–Trinajstić information content (AvgIpc) is 3.08. The number of aliphatic hydroxyl groups excluding tert-OH is 1. The zero-order valence-corrected chi connectivity index (χ0v) is 9.56. The highest BCUT2D eigenvalue weighted by Crippen LogP contribution is 2.34. The van der Waals surface area contributed by atoms with E-state index < -0.39 is 0 Å². The molecule has 2 N–H and O–H groups in total. The average molecular weight is 236 g/mol. The second-order valence-electron chi connectivity index (χ2n) is 4.47. The molecule has 0 radical (unpaired) electrons. The van der Waals surface area contributed by atoms with Crippen LogP contribution >= 0.6 is 0 Å². The molecule has 0 aliphatic heterocycles. The van der Waals surface area contributed by atoms with Crippen molar-refractivity contribution in [2.45, 2.75) is 31.3 Å². The van der Waals surface area contributed by atoms with Gasteiger partial charge < -0.3 is 15.0 Å². The van der Waals surface area contributed by atoms with E-state index in [4.69, 9.17) is 5.11 Å². The number of nitrogens with one attached hydrogen (secondary N) is 1. The number of rotatable bonds is 5. The molecule has 1 fully saturated rings. The van der Waals surface area contributed by atoms with Gasteiger partial charge in [-0.2, -0.15) is 0 Å². The predicted octanol–water partition coefficient (Wildman–Crippen LogP) is -0.121. The summed E-state index contributed by atoms with van der Waals surface area (Å²) in [5, 5.41) is 11.9. The topological polar surface area (TPSA) is 71.3 Å². The molecule has 0 spiro atoms. The Morgan fingerprint density at radius 3 is 2.82 bits per heavy atom. The van der Waals surface area contributed by atoms with Gasteiger partial charge >= 0.3 is 0 Å². The minimum atomic E-state index is -0.376. The number of amides is 1. The van der Waals surface area contributed by atoms with E-state index in [2.05, 4.69) is 5.32 Å². The monoisotopic (exact) mass is 236 g/mol. The van der Waals surface area contributed by atoms with Crippen molar-refractivity contribution in [3.63, 3.8) is 0 Å². The number of aryl methyl sites for hydroxylation is 1. The molecule has 92 valence electrons. The second kappa shape index (κ2) is 4.71. The Balaban J connectivity index is 1.85. The zero-order valence-electron chi connectivity index (χ0n) is 9.56. The lowest BCUT2D eigenvalue weighted by molar-refractivity contribution is -0.122. The third-order valence-electron chi connectivity index (χ3n) is 3.04. The summed E-state index contributed by atoms with van der Waals surface area (Å²) in [6.07, 6.45) is 3.58. The van der Waals surface area contributed by atoms with Crippen LogP contribution in [0.5, 0.6) is 0 Å². The number of pyridine rings is 1. The highest BCUT2D eigenvalue weighted by Gasteiger charge is 2.43. The smallest absolute Gasteiger partial charge is 0.250 e. The van der Waals surface area contributed by atoms with E-state index in [1.165, 1.54) is 10.6 Å². The van der Waals surface area contributed by atoms with Gasteiger partial charge in [-0.15, -0.1) is 0 Å². The molecule has 1 aromatic heterocycles. The SMILES string of the molecule is O=C(CCn1ccccc1=O)NC1(CO)CC1. The Kier molecular flexibility index (Phi) is 3.28. The van der Waals surface area contributed by atoms with Gasteiger partial charge in [0.2, 0.25) is 5.91 Å². The fourth-order valence-corrected chi connectivity index (χ4v) is 1.70. The van der Waals surface area contributed by atoms with Gasteiger partial charge in [0.05, 0.1) is 12.1 Å². The Bertz CT molecular complexity index is 463. The molecule has 0 atom stereocenters. The molecule has 0 unspecified atom stereocenters. The van der Waals surface area contributed by atoms with Gasteiger partial charge in [0.1, 0.15) is 0 Å². The van der Waals surface area contributed by atoms with Crippen LogP contribution in [0.2, 0.25) is 0 Å². The van der Waals surface area contributed by atoms with Crippen LogP contribution in [0.4, 0.5) is 0 Å². The summed E-state index contributed by atoms with van der Waals surface area (Å²) in [4.78, 5) is 23.0. The largest absolute Gasteiger partial charge is 0.394 e. The van der Waals surface area contributed by atoms with Crippen LogP contribution in [-0.4, -0.2) is 27.7 Å². The third-order valence-corrected chi connectivity index (χ3v) is 3.04. The van der Waals surface area contributed by atoms with E-state index in [-0.39, 0.29) is 30.0 Å². The van der Waals surface area contributed by atoms with E-state index in [0.29, 0.717) is 6.54 Å². The number of aliphatic hydroxyl groups is 1. The zero-order chi connectivity index (χ0) is 12.3. The number of carbonyl (C=O) groups excluding carboxylic acids is 1. The van der Waals surface area contributed by atoms with Crippen LogP contribution in [0.1, 0.15) is 19.3 Å². The summed E-state index contributed by atoms with van der Waals surface area (Å²) in [5.74, 6) is -0.118. The first-order valence-corrected chi connectivity index (χ1v) is 5.73. The van der Waals surface area contributed by atoms with E-state index in [9.17, 15) is 9.59 Å². The summed E-state index contributed by atoms with van der Waals surface area (Å²) < 4.78 is 1.50. The van der Waals surface area contributed by atoms with Gasteiger partial charge in [-0.1, -0.05) is 6.07 Å². The van der Waals surface area contributed by atoms with E-state index in [0.717, 1.165) is 12.8 Å². The maximum absolute atomic E-state index is 11.6. The Morgan fingerprint density at radius 1 is 1.47 bits per heavy atom. The van der Waals surface area contributed by atoms with Crippen LogP contribution in [0, 0.1) is 0 Å². The lowest BCUT2D eigenvalue weighted by atomic mass is 10.2. The molecule has 1 aliphatic carbocycles. The molecule has 5 nitrogen and oxygen atoms in total. The summed E-state index contributed by atoms with van der Waals surface area (Å²) >= 11 is 0. The van der Waals surface area contributed by atoms with E-state index in [1.54, 1.807) is 18.3 Å². The fourth-order valence-electron chi connectivity index (χ4n) is 1.70. The van der Waals surface area contributed by atoms with Crippen LogP contribution < -0.4 is 10.9 Å². The van der Waals surface area contributed by atoms with Crippen LogP contribution in [0.25, 0.3) is 0 Å². The predicted molar refractivity (Wildman–Crippen MR) is 62.5 cm³/mol. The summed E-state index contributed by atoms with van der Waals surface area (Å²) in [7, 11) is 0. The minimum Gasteiger partial charge on any atom is -0.394 e. The molecule has 1 heterocycles. The van der Waals surface area contributed by atoms with Crippen molar-refractivity contribution < 1.29 is 9.90 Å². The number of aromatic nitrogens is 1. The van der Waals surface area contributed by atoms with Crippen LogP contribution in [-0.2, 0) is 11.3 Å². The highest BCUT2D eigenvalue weighted by atomic mass is 16.3. The molecule has 1 aliphatic rings. The summed E-state index contributed by atoms with van der Waals surface area (Å²) in [6, 6.07) is 4.90. The van der Waals surface area contributed by atoms with E-state index in [1.807, 2.05) is 0 Å². The molecule has 2 rings (SSSR count). The molecule has 0 bridgehead atoms. The third kappa shape index (κ3) is 2.94. The molecule has 1 amide bonds. The lowest BCUT2D eigenvalue weighted by Gasteiger charge is -2.14.